The highest BCUT2D eigenvalue weighted by atomic mass is 35.5. The Morgan fingerprint density at radius 1 is 1.14 bits per heavy atom. The predicted octanol–water partition coefficient (Wildman–Crippen LogP) is 4.45. The van der Waals surface area contributed by atoms with Crippen molar-refractivity contribution >= 4 is 34.8 Å². The number of carbonyl (C=O) groups is 1. The molecule has 0 bridgehead atoms. The number of nitrogens with one attached hydrogen (secondary N) is 1. The first kappa shape index (κ1) is 19.9. The van der Waals surface area contributed by atoms with Crippen LogP contribution in [0.1, 0.15) is 22.5 Å². The number of nitro groups is 1. The number of nitrogens with zero attached hydrogens (tertiary/aromatic N) is 3. The van der Waals surface area contributed by atoms with Crippen LogP contribution in [0.3, 0.4) is 0 Å². The lowest BCUT2D eigenvalue weighted by molar-refractivity contribution is -0.384. The molecule has 0 atom stereocenters. The zero-order chi connectivity index (χ0) is 20.1. The first-order chi connectivity index (χ1) is 13.4. The molecule has 1 heterocycles. The van der Waals surface area contributed by atoms with Crippen LogP contribution in [0.2, 0.25) is 10.0 Å². The van der Waals surface area contributed by atoms with E-state index in [-0.39, 0.29) is 17.3 Å². The molecule has 0 aliphatic carbocycles. The number of hydrogen-bond acceptors (Lipinski definition) is 4. The van der Waals surface area contributed by atoms with Gasteiger partial charge >= 0.3 is 0 Å². The van der Waals surface area contributed by atoms with Crippen LogP contribution in [0.15, 0.2) is 54.7 Å². The number of amides is 1. The van der Waals surface area contributed by atoms with Crippen molar-refractivity contribution in [2.24, 2.45) is 0 Å². The Morgan fingerprint density at radius 2 is 1.96 bits per heavy atom. The van der Waals surface area contributed by atoms with E-state index in [0.717, 1.165) is 18.4 Å². The van der Waals surface area contributed by atoms with Crippen LogP contribution >= 0.6 is 23.2 Å². The van der Waals surface area contributed by atoms with Crippen LogP contribution in [0.5, 0.6) is 0 Å². The Morgan fingerprint density at radius 3 is 2.71 bits per heavy atom. The van der Waals surface area contributed by atoms with E-state index in [4.69, 9.17) is 23.2 Å². The van der Waals surface area contributed by atoms with Gasteiger partial charge in [0.1, 0.15) is 0 Å². The third-order valence-corrected chi connectivity index (χ3v) is 4.78. The fourth-order valence-corrected chi connectivity index (χ4v) is 2.94. The molecule has 2 aromatic carbocycles. The van der Waals surface area contributed by atoms with E-state index in [1.54, 1.807) is 30.5 Å². The highest BCUT2D eigenvalue weighted by Gasteiger charge is 2.12. The quantitative estimate of drug-likeness (QED) is 0.348. The number of hydrogen-bond donors (Lipinski definition) is 1. The number of halogens is 2. The lowest BCUT2D eigenvalue weighted by Gasteiger charge is -2.05. The van der Waals surface area contributed by atoms with Gasteiger partial charge in [-0.25, -0.2) is 4.68 Å². The Balaban J connectivity index is 1.55. The van der Waals surface area contributed by atoms with Crippen molar-refractivity contribution in [1.29, 1.82) is 0 Å². The molecule has 1 aromatic heterocycles. The van der Waals surface area contributed by atoms with Gasteiger partial charge in [-0.3, -0.25) is 14.9 Å². The molecule has 28 heavy (non-hydrogen) atoms. The largest absolute Gasteiger partial charge is 0.351 e. The average Bonchev–Trinajstić information content (AvgIpc) is 3.18. The highest BCUT2D eigenvalue weighted by Crippen LogP contribution is 2.23. The Hall–Kier alpha value is -2.90. The molecule has 0 saturated carbocycles. The summed E-state index contributed by atoms with van der Waals surface area (Å²) in [5.41, 5.74) is 1.74. The minimum Gasteiger partial charge on any atom is -0.351 e. The van der Waals surface area contributed by atoms with Crippen molar-refractivity contribution in [2.45, 2.75) is 12.8 Å². The average molecular weight is 419 g/mol. The lowest BCUT2D eigenvalue weighted by atomic mass is 10.1. The standard InChI is InChI=1S/C19H16Cl2N4O3/c20-16-7-6-13(11-17(16)21)3-2-9-22-19(26)18-8-10-24(23-18)14-4-1-5-15(12-14)25(27)28/h1,4-8,10-12H,2-3,9H2,(H,22,26). The van der Waals surface area contributed by atoms with Crippen molar-refractivity contribution < 1.29 is 9.72 Å². The van der Waals surface area contributed by atoms with Crippen LogP contribution < -0.4 is 5.32 Å². The number of aromatic nitrogens is 2. The first-order valence-corrected chi connectivity index (χ1v) is 9.22. The van der Waals surface area contributed by atoms with Crippen LogP contribution in [0.4, 0.5) is 5.69 Å². The third kappa shape index (κ3) is 4.88. The zero-order valence-corrected chi connectivity index (χ0v) is 16.2. The second-order valence-electron chi connectivity index (χ2n) is 6.03. The molecule has 3 aromatic rings. The van der Waals surface area contributed by atoms with Crippen LogP contribution in [0.25, 0.3) is 5.69 Å². The molecule has 7 nitrogen and oxygen atoms in total. The SMILES string of the molecule is O=C(NCCCc1ccc(Cl)c(Cl)c1)c1ccn(-c2cccc([N+](=O)[O-])c2)n1. The molecule has 1 N–H and O–H groups in total. The molecule has 0 spiro atoms. The van der Waals surface area contributed by atoms with Gasteiger partial charge in [-0.1, -0.05) is 35.3 Å². The van der Waals surface area contributed by atoms with Crippen molar-refractivity contribution in [3.05, 3.63) is 86.1 Å². The van der Waals surface area contributed by atoms with Gasteiger partial charge in [-0.2, -0.15) is 5.10 Å². The van der Waals surface area contributed by atoms with Crippen LogP contribution in [-0.4, -0.2) is 27.2 Å². The van der Waals surface area contributed by atoms with E-state index in [1.807, 2.05) is 12.1 Å². The van der Waals surface area contributed by atoms with E-state index >= 15 is 0 Å². The van der Waals surface area contributed by atoms with Gasteiger partial charge in [0.05, 0.1) is 20.7 Å². The molecule has 0 unspecified atom stereocenters. The molecule has 0 radical (unpaired) electrons. The number of benzene rings is 2. The van der Waals surface area contributed by atoms with Gasteiger partial charge in [0.15, 0.2) is 5.69 Å². The molecule has 0 saturated heterocycles. The number of carbonyl (C=O) groups excluding carboxylic acids is 1. The van der Waals surface area contributed by atoms with E-state index in [2.05, 4.69) is 10.4 Å². The van der Waals surface area contributed by atoms with Gasteiger partial charge in [-0.05, 0) is 42.7 Å². The minimum atomic E-state index is -0.478. The maximum absolute atomic E-state index is 12.2. The van der Waals surface area contributed by atoms with Crippen LogP contribution in [0, 0.1) is 10.1 Å². The predicted molar refractivity (Wildman–Crippen MR) is 107 cm³/mol. The Kier molecular flexibility index (Phi) is 6.28. The summed E-state index contributed by atoms with van der Waals surface area (Å²) in [7, 11) is 0. The van der Waals surface area contributed by atoms with E-state index in [1.165, 1.54) is 16.8 Å². The normalized spacial score (nSPS) is 10.6. The maximum atomic E-state index is 12.2. The smallest absolute Gasteiger partial charge is 0.271 e. The summed E-state index contributed by atoms with van der Waals surface area (Å²) in [6.45, 7) is 0.475. The minimum absolute atomic E-state index is 0.0405. The zero-order valence-electron chi connectivity index (χ0n) is 14.6. The topological polar surface area (TPSA) is 90.1 Å². The Labute approximate surface area is 171 Å². The van der Waals surface area contributed by atoms with Gasteiger partial charge < -0.3 is 5.32 Å². The second-order valence-corrected chi connectivity index (χ2v) is 6.84. The fraction of sp³-hybridized carbons (Fsp3) is 0.158. The molecular formula is C19H16Cl2N4O3. The maximum Gasteiger partial charge on any atom is 0.271 e. The number of aryl methyl sites for hydroxylation is 1. The van der Waals surface area contributed by atoms with Crippen molar-refractivity contribution in [2.75, 3.05) is 6.54 Å². The molecule has 144 valence electrons. The molecule has 1 amide bonds. The molecule has 0 aliphatic heterocycles. The molecule has 0 fully saturated rings. The number of nitro benzene ring substituents is 1. The molecule has 0 aliphatic rings. The second kappa shape index (κ2) is 8.86. The van der Waals surface area contributed by atoms with Gasteiger partial charge in [-0.15, -0.1) is 0 Å². The number of rotatable bonds is 7. The van der Waals surface area contributed by atoms with Crippen LogP contribution in [-0.2, 0) is 6.42 Å². The lowest BCUT2D eigenvalue weighted by Crippen LogP contribution is -2.25. The highest BCUT2D eigenvalue weighted by molar-refractivity contribution is 6.42. The van der Waals surface area contributed by atoms with Crippen molar-refractivity contribution in [1.82, 2.24) is 15.1 Å². The third-order valence-electron chi connectivity index (χ3n) is 4.04. The summed E-state index contributed by atoms with van der Waals surface area (Å²) in [4.78, 5) is 22.6. The van der Waals surface area contributed by atoms with Gasteiger partial charge in [0.25, 0.3) is 11.6 Å². The van der Waals surface area contributed by atoms with E-state index in [0.29, 0.717) is 22.3 Å². The van der Waals surface area contributed by atoms with Gasteiger partial charge in [0, 0.05) is 24.9 Å². The van der Waals surface area contributed by atoms with Crippen molar-refractivity contribution in [3.8, 4) is 5.69 Å². The van der Waals surface area contributed by atoms with Gasteiger partial charge in [0.2, 0.25) is 0 Å². The summed E-state index contributed by atoms with van der Waals surface area (Å²) in [6, 6.07) is 13.1. The molecule has 9 heteroatoms. The van der Waals surface area contributed by atoms with Crippen molar-refractivity contribution in [3.63, 3.8) is 0 Å². The molecule has 3 rings (SSSR count). The van der Waals surface area contributed by atoms with E-state index in [9.17, 15) is 14.9 Å². The van der Waals surface area contributed by atoms with E-state index < -0.39 is 4.92 Å². The fourth-order valence-electron chi connectivity index (χ4n) is 2.62. The monoisotopic (exact) mass is 418 g/mol. The first-order valence-electron chi connectivity index (χ1n) is 8.46. The summed E-state index contributed by atoms with van der Waals surface area (Å²) < 4.78 is 1.43. The Bertz CT molecular complexity index is 1020. The summed E-state index contributed by atoms with van der Waals surface area (Å²) in [5, 5.41) is 18.9. The summed E-state index contributed by atoms with van der Waals surface area (Å²) in [5.74, 6) is -0.307. The number of non-ortho nitro benzene ring substituents is 1. The molecular weight excluding hydrogens is 403 g/mol. The summed E-state index contributed by atoms with van der Waals surface area (Å²) >= 11 is 11.9. The summed E-state index contributed by atoms with van der Waals surface area (Å²) in [6.07, 6.45) is 3.07.